The summed E-state index contributed by atoms with van der Waals surface area (Å²) < 4.78 is 37.6. The number of likely N-dealkylation sites (tertiary alicyclic amines) is 1. The fourth-order valence-electron chi connectivity index (χ4n) is 3.98. The molecule has 6 heteroatoms. The maximum Gasteiger partial charge on any atom is 0.153 e. The van der Waals surface area contributed by atoms with E-state index in [1.165, 1.54) is 12.1 Å². The van der Waals surface area contributed by atoms with Gasteiger partial charge in [-0.05, 0) is 68.0 Å². The lowest BCUT2D eigenvalue weighted by Gasteiger charge is -2.32. The third-order valence-electron chi connectivity index (χ3n) is 5.98. The molecule has 0 spiro atoms. The molecule has 3 rings (SSSR count). The normalized spacial score (nSPS) is 17.2. The molecule has 1 heterocycles. The molecule has 4 nitrogen and oxygen atoms in total. The molecular formula is C25H32FNO3S. The molecule has 0 bridgehead atoms. The van der Waals surface area contributed by atoms with Crippen molar-refractivity contribution in [1.82, 2.24) is 4.90 Å². The van der Waals surface area contributed by atoms with Gasteiger partial charge in [0.25, 0.3) is 0 Å². The Bertz CT molecular complexity index is 921. The third-order valence-corrected chi connectivity index (χ3v) is 7.54. The van der Waals surface area contributed by atoms with E-state index < -0.39 is 15.9 Å². The molecule has 2 aromatic rings. The Kier molecular flexibility index (Phi) is 8.81. The number of aliphatic hydroxyl groups is 1. The van der Waals surface area contributed by atoms with E-state index in [-0.39, 0.29) is 17.3 Å². The van der Waals surface area contributed by atoms with E-state index in [9.17, 15) is 17.9 Å². The topological polar surface area (TPSA) is 57.6 Å². The number of piperidine rings is 1. The van der Waals surface area contributed by atoms with Gasteiger partial charge in [-0.2, -0.15) is 0 Å². The fraction of sp³-hybridized carbons (Fsp3) is 0.440. The summed E-state index contributed by atoms with van der Waals surface area (Å²) in [6.45, 7) is 2.77. The van der Waals surface area contributed by atoms with Crippen LogP contribution in [0.3, 0.4) is 0 Å². The second-order valence-corrected chi connectivity index (χ2v) is 10.6. The second-order valence-electron chi connectivity index (χ2n) is 8.36. The molecule has 168 valence electrons. The summed E-state index contributed by atoms with van der Waals surface area (Å²) in [6, 6.07) is 15.7. The molecule has 1 unspecified atom stereocenters. The molecule has 0 radical (unpaired) electrons. The van der Waals surface area contributed by atoms with Crippen LogP contribution in [0.4, 0.5) is 4.39 Å². The predicted molar refractivity (Wildman–Crippen MR) is 124 cm³/mol. The van der Waals surface area contributed by atoms with Gasteiger partial charge < -0.3 is 10.0 Å². The first-order valence-electron chi connectivity index (χ1n) is 11.0. The van der Waals surface area contributed by atoms with Crippen LogP contribution in [0.15, 0.2) is 60.7 Å². The molecule has 0 aliphatic carbocycles. The van der Waals surface area contributed by atoms with E-state index >= 15 is 0 Å². The number of benzene rings is 2. The highest BCUT2D eigenvalue weighted by Gasteiger charge is 2.21. The van der Waals surface area contributed by atoms with Gasteiger partial charge in [0.05, 0.1) is 17.6 Å². The summed E-state index contributed by atoms with van der Waals surface area (Å²) in [7, 11) is -3.13. The molecule has 1 aliphatic rings. The van der Waals surface area contributed by atoms with Crippen LogP contribution in [0.25, 0.3) is 6.08 Å². The summed E-state index contributed by atoms with van der Waals surface area (Å²) in [5, 5.41) is 10.3. The van der Waals surface area contributed by atoms with E-state index in [0.29, 0.717) is 18.8 Å². The van der Waals surface area contributed by atoms with E-state index in [2.05, 4.69) is 4.90 Å². The molecule has 0 amide bonds. The molecular weight excluding hydrogens is 413 g/mol. The van der Waals surface area contributed by atoms with E-state index in [1.807, 2.05) is 30.3 Å². The lowest BCUT2D eigenvalue weighted by atomic mass is 9.94. The Morgan fingerprint density at radius 1 is 1.06 bits per heavy atom. The summed E-state index contributed by atoms with van der Waals surface area (Å²) in [4.78, 5) is 2.36. The lowest BCUT2D eigenvalue weighted by Crippen LogP contribution is -2.35. The Morgan fingerprint density at radius 2 is 1.74 bits per heavy atom. The fourth-order valence-corrected chi connectivity index (χ4v) is 5.23. The highest BCUT2D eigenvalue weighted by Crippen LogP contribution is 2.23. The first-order valence-corrected chi connectivity index (χ1v) is 12.8. The largest absolute Gasteiger partial charge is 0.388 e. The van der Waals surface area contributed by atoms with Gasteiger partial charge in [-0.15, -0.1) is 0 Å². The van der Waals surface area contributed by atoms with Crippen molar-refractivity contribution in [2.45, 2.75) is 31.8 Å². The van der Waals surface area contributed by atoms with Gasteiger partial charge in [0.2, 0.25) is 0 Å². The highest BCUT2D eigenvalue weighted by atomic mass is 32.2. The molecule has 31 heavy (non-hydrogen) atoms. The van der Waals surface area contributed by atoms with Gasteiger partial charge in [-0.1, -0.05) is 54.6 Å². The average Bonchev–Trinajstić information content (AvgIpc) is 2.79. The number of hydrogen-bond donors (Lipinski definition) is 1. The third kappa shape index (κ3) is 8.20. The van der Waals surface area contributed by atoms with Crippen LogP contribution in [-0.4, -0.2) is 49.6 Å². The zero-order chi connectivity index (χ0) is 22.1. The zero-order valence-electron chi connectivity index (χ0n) is 17.9. The van der Waals surface area contributed by atoms with Crippen LogP contribution >= 0.6 is 0 Å². The Hall–Kier alpha value is -2.02. The van der Waals surface area contributed by atoms with Crippen molar-refractivity contribution < 1.29 is 17.9 Å². The van der Waals surface area contributed by atoms with Crippen LogP contribution in [0.1, 0.15) is 42.9 Å². The van der Waals surface area contributed by atoms with Crippen molar-refractivity contribution in [2.75, 3.05) is 31.1 Å². The number of aliphatic hydroxyl groups excluding tert-OH is 1. The van der Waals surface area contributed by atoms with Crippen molar-refractivity contribution in [1.29, 1.82) is 0 Å². The minimum absolute atomic E-state index is 0.0145. The summed E-state index contributed by atoms with van der Waals surface area (Å²) in [5.41, 5.74) is 1.75. The van der Waals surface area contributed by atoms with Crippen LogP contribution in [0.5, 0.6) is 0 Å². The number of halogens is 1. The van der Waals surface area contributed by atoms with Crippen molar-refractivity contribution in [3.05, 3.63) is 77.6 Å². The van der Waals surface area contributed by atoms with E-state index in [4.69, 9.17) is 0 Å². The van der Waals surface area contributed by atoms with Crippen molar-refractivity contribution in [3.8, 4) is 0 Å². The summed E-state index contributed by atoms with van der Waals surface area (Å²) in [6.07, 6.45) is 6.34. The molecule has 1 saturated heterocycles. The van der Waals surface area contributed by atoms with Crippen molar-refractivity contribution >= 4 is 15.9 Å². The zero-order valence-corrected chi connectivity index (χ0v) is 18.7. The molecule has 1 N–H and O–H groups in total. The summed E-state index contributed by atoms with van der Waals surface area (Å²) in [5.74, 6) is 0.355. The van der Waals surface area contributed by atoms with Gasteiger partial charge in [-0.25, -0.2) is 12.8 Å². The quantitative estimate of drug-likeness (QED) is 0.586. The van der Waals surface area contributed by atoms with Crippen LogP contribution in [0.2, 0.25) is 0 Å². The van der Waals surface area contributed by atoms with Gasteiger partial charge >= 0.3 is 0 Å². The molecule has 0 aromatic heterocycles. The Labute approximate surface area is 185 Å². The molecule has 2 aromatic carbocycles. The predicted octanol–water partition coefficient (Wildman–Crippen LogP) is 4.48. The minimum atomic E-state index is -3.13. The first kappa shape index (κ1) is 23.6. The van der Waals surface area contributed by atoms with Crippen LogP contribution in [-0.2, 0) is 9.84 Å². The molecule has 0 saturated carbocycles. The van der Waals surface area contributed by atoms with Gasteiger partial charge in [0, 0.05) is 6.54 Å². The van der Waals surface area contributed by atoms with Crippen LogP contribution in [0, 0.1) is 11.7 Å². The first-order chi connectivity index (χ1) is 14.9. The monoisotopic (exact) mass is 445 g/mol. The average molecular weight is 446 g/mol. The number of sulfone groups is 1. The highest BCUT2D eigenvalue weighted by molar-refractivity contribution is 7.91. The smallest absolute Gasteiger partial charge is 0.153 e. The van der Waals surface area contributed by atoms with Crippen molar-refractivity contribution in [2.24, 2.45) is 5.92 Å². The molecule has 1 aliphatic heterocycles. The molecule has 1 fully saturated rings. The number of nitrogens with zero attached hydrogens (tertiary/aromatic N) is 1. The SMILES string of the molecule is O=S(=O)(CC=Cc1ccc(F)cc1)CCC1CCN(CCC(O)c2ccccc2)CC1. The standard InChI is InChI=1S/C25H32FNO3S/c26-24-10-8-21(9-11-24)5-4-19-31(29,30)20-15-22-12-16-27(17-13-22)18-14-25(28)23-6-2-1-3-7-23/h1-11,22,25,28H,12-20H2. The second kappa shape index (κ2) is 11.6. The minimum Gasteiger partial charge on any atom is -0.388 e. The maximum absolute atomic E-state index is 12.9. The van der Waals surface area contributed by atoms with E-state index in [0.717, 1.165) is 43.6 Å². The number of hydrogen-bond acceptors (Lipinski definition) is 4. The molecule has 1 atom stereocenters. The van der Waals surface area contributed by atoms with Crippen molar-refractivity contribution in [3.63, 3.8) is 0 Å². The van der Waals surface area contributed by atoms with Gasteiger partial charge in [0.15, 0.2) is 9.84 Å². The Morgan fingerprint density at radius 3 is 2.42 bits per heavy atom. The van der Waals surface area contributed by atoms with Gasteiger partial charge in [0.1, 0.15) is 5.82 Å². The van der Waals surface area contributed by atoms with Crippen LogP contribution < -0.4 is 0 Å². The van der Waals surface area contributed by atoms with E-state index in [1.54, 1.807) is 24.3 Å². The number of rotatable bonds is 10. The van der Waals surface area contributed by atoms with Gasteiger partial charge in [-0.3, -0.25) is 0 Å². The lowest BCUT2D eigenvalue weighted by molar-refractivity contribution is 0.122. The summed E-state index contributed by atoms with van der Waals surface area (Å²) >= 11 is 0. The Balaban J connectivity index is 1.34. The maximum atomic E-state index is 12.9.